The zero-order valence-corrected chi connectivity index (χ0v) is 18.6. The molecule has 136 valence electrons. The average molecular weight is 547 g/mol. The first kappa shape index (κ1) is 17.6. The fourth-order valence-electron chi connectivity index (χ4n) is 4.64. The highest BCUT2D eigenvalue weighted by Crippen LogP contribution is 2.47. The van der Waals surface area contributed by atoms with Gasteiger partial charge in [-0.3, -0.25) is 4.90 Å². The van der Waals surface area contributed by atoms with E-state index >= 15 is 0 Å². The summed E-state index contributed by atoms with van der Waals surface area (Å²) in [6, 6.07) is 3.83. The van der Waals surface area contributed by atoms with E-state index < -0.39 is 0 Å². The standard InChI is InChI=1S/C19H16Br3FN2O/c20-14-6-13(17(23)16(22)15(14)21)11-5-10-7-19(26-18(10)24-8-11)9-25-3-1-12(19)2-4-25/h5-6,8,12H,1-4,7,9H2. The first-order valence-electron chi connectivity index (χ1n) is 8.70. The molecule has 0 saturated carbocycles. The first-order chi connectivity index (χ1) is 12.5. The molecule has 2 bridgehead atoms. The summed E-state index contributed by atoms with van der Waals surface area (Å²) in [7, 11) is 0. The Labute approximate surface area is 176 Å². The second-order valence-corrected chi connectivity index (χ2v) is 9.87. The van der Waals surface area contributed by atoms with Crippen LogP contribution in [-0.2, 0) is 6.42 Å². The fraction of sp³-hybridized carbons (Fsp3) is 0.421. The minimum absolute atomic E-state index is 0.135. The number of nitrogens with zero attached hydrogens (tertiary/aromatic N) is 2. The summed E-state index contributed by atoms with van der Waals surface area (Å²) < 4.78 is 23.0. The zero-order chi connectivity index (χ0) is 18.1. The molecule has 5 heterocycles. The molecule has 4 aliphatic heterocycles. The molecule has 2 aromatic rings. The van der Waals surface area contributed by atoms with E-state index in [1.807, 2.05) is 6.07 Å². The van der Waals surface area contributed by atoms with Crippen molar-refractivity contribution >= 4 is 47.8 Å². The molecule has 1 aromatic heterocycles. The van der Waals surface area contributed by atoms with Gasteiger partial charge in [0.1, 0.15) is 11.4 Å². The lowest BCUT2D eigenvalue weighted by Crippen LogP contribution is -2.61. The molecule has 1 unspecified atom stereocenters. The van der Waals surface area contributed by atoms with Gasteiger partial charge in [0.15, 0.2) is 0 Å². The Bertz CT molecular complexity index is 914. The number of benzene rings is 1. The van der Waals surface area contributed by atoms with Crippen molar-refractivity contribution in [3.05, 3.63) is 43.1 Å². The number of pyridine rings is 1. The van der Waals surface area contributed by atoms with E-state index in [1.54, 1.807) is 12.3 Å². The van der Waals surface area contributed by atoms with Gasteiger partial charge in [-0.15, -0.1) is 0 Å². The van der Waals surface area contributed by atoms with E-state index in [0.29, 0.717) is 20.4 Å². The second kappa shape index (κ2) is 6.26. The fourth-order valence-corrected chi connectivity index (χ4v) is 6.05. The third-order valence-corrected chi connectivity index (χ3v) is 9.21. The molecule has 7 heteroatoms. The maximum Gasteiger partial charge on any atom is 0.217 e. The first-order valence-corrected chi connectivity index (χ1v) is 11.1. The lowest BCUT2D eigenvalue weighted by atomic mass is 9.73. The Kier molecular flexibility index (Phi) is 4.23. The quantitative estimate of drug-likeness (QED) is 0.345. The number of hydrogen-bond donors (Lipinski definition) is 0. The van der Waals surface area contributed by atoms with Crippen LogP contribution in [0.5, 0.6) is 5.88 Å². The Morgan fingerprint density at radius 1 is 1.15 bits per heavy atom. The van der Waals surface area contributed by atoms with Gasteiger partial charge in [-0.2, -0.15) is 0 Å². The van der Waals surface area contributed by atoms with Crippen LogP contribution < -0.4 is 4.74 Å². The predicted octanol–water partition coefficient (Wildman–Crippen LogP) is 5.57. The van der Waals surface area contributed by atoms with Gasteiger partial charge in [0.05, 0.1) is 4.47 Å². The minimum Gasteiger partial charge on any atom is -0.469 e. The normalized spacial score (nSPS) is 29.1. The molecular weight excluding hydrogens is 531 g/mol. The molecule has 3 saturated heterocycles. The molecule has 0 N–H and O–H groups in total. The van der Waals surface area contributed by atoms with Crippen LogP contribution in [0.4, 0.5) is 4.39 Å². The smallest absolute Gasteiger partial charge is 0.217 e. The van der Waals surface area contributed by atoms with Crippen LogP contribution in [0.25, 0.3) is 11.1 Å². The molecule has 0 radical (unpaired) electrons. The third-order valence-electron chi connectivity index (χ3n) is 5.95. The molecule has 6 rings (SSSR count). The minimum atomic E-state index is -0.293. The molecule has 3 nitrogen and oxygen atoms in total. The van der Waals surface area contributed by atoms with Crippen LogP contribution >= 0.6 is 47.8 Å². The monoisotopic (exact) mass is 544 g/mol. The van der Waals surface area contributed by atoms with Gasteiger partial charge in [-0.1, -0.05) is 0 Å². The topological polar surface area (TPSA) is 25.4 Å². The number of fused-ring (bicyclic) bond motifs is 3. The summed E-state index contributed by atoms with van der Waals surface area (Å²) in [4.78, 5) is 7.04. The molecule has 1 aromatic carbocycles. The van der Waals surface area contributed by atoms with Crippen molar-refractivity contribution in [1.29, 1.82) is 0 Å². The number of aromatic nitrogens is 1. The summed E-state index contributed by atoms with van der Waals surface area (Å²) in [6.45, 7) is 3.33. The van der Waals surface area contributed by atoms with Crippen molar-refractivity contribution in [2.45, 2.75) is 24.9 Å². The maximum atomic E-state index is 14.8. The van der Waals surface area contributed by atoms with Crippen molar-refractivity contribution in [1.82, 2.24) is 9.88 Å². The van der Waals surface area contributed by atoms with E-state index in [2.05, 4.69) is 57.7 Å². The molecule has 4 aliphatic rings. The van der Waals surface area contributed by atoms with Crippen LogP contribution in [0.1, 0.15) is 18.4 Å². The van der Waals surface area contributed by atoms with Crippen LogP contribution in [0.2, 0.25) is 0 Å². The molecule has 26 heavy (non-hydrogen) atoms. The summed E-state index contributed by atoms with van der Waals surface area (Å²) in [5.41, 5.74) is 2.25. The van der Waals surface area contributed by atoms with Gasteiger partial charge < -0.3 is 4.74 Å². The van der Waals surface area contributed by atoms with E-state index in [-0.39, 0.29) is 11.4 Å². The molecule has 1 atom stereocenters. The number of halogens is 4. The number of rotatable bonds is 1. The van der Waals surface area contributed by atoms with Crippen LogP contribution in [0.15, 0.2) is 31.7 Å². The number of piperidine rings is 3. The average Bonchev–Trinajstić information content (AvgIpc) is 3.00. The van der Waals surface area contributed by atoms with E-state index in [9.17, 15) is 4.39 Å². The Morgan fingerprint density at radius 3 is 2.62 bits per heavy atom. The summed E-state index contributed by atoms with van der Waals surface area (Å²) in [5.74, 6) is 1.02. The lowest BCUT2D eigenvalue weighted by molar-refractivity contribution is -0.0814. The summed E-state index contributed by atoms with van der Waals surface area (Å²) >= 11 is 10.2. The number of ether oxygens (including phenoxy) is 1. The van der Waals surface area contributed by atoms with Crippen molar-refractivity contribution < 1.29 is 9.13 Å². The van der Waals surface area contributed by atoms with Crippen molar-refractivity contribution in [2.24, 2.45) is 5.92 Å². The van der Waals surface area contributed by atoms with Crippen LogP contribution in [0.3, 0.4) is 0 Å². The highest BCUT2D eigenvalue weighted by atomic mass is 79.9. The van der Waals surface area contributed by atoms with E-state index in [4.69, 9.17) is 4.74 Å². The Morgan fingerprint density at radius 2 is 1.92 bits per heavy atom. The summed E-state index contributed by atoms with van der Waals surface area (Å²) in [5, 5.41) is 0. The summed E-state index contributed by atoms with van der Waals surface area (Å²) in [6.07, 6.45) is 4.97. The van der Waals surface area contributed by atoms with Gasteiger partial charge in [0.25, 0.3) is 0 Å². The Hall–Kier alpha value is -0.500. The zero-order valence-electron chi connectivity index (χ0n) is 13.9. The van der Waals surface area contributed by atoms with Crippen LogP contribution in [-0.4, -0.2) is 35.1 Å². The number of hydrogen-bond acceptors (Lipinski definition) is 3. The predicted molar refractivity (Wildman–Crippen MR) is 109 cm³/mol. The van der Waals surface area contributed by atoms with Gasteiger partial charge in [0.2, 0.25) is 5.88 Å². The second-order valence-electron chi connectivity index (χ2n) is 7.43. The van der Waals surface area contributed by atoms with Crippen molar-refractivity contribution in [3.8, 4) is 17.0 Å². The SMILES string of the molecule is Fc1c(-c2cnc3c(c2)CC2(CN4CCC2CC4)O3)cc(Br)c(Br)c1Br. The van der Waals surface area contributed by atoms with Crippen LogP contribution in [0, 0.1) is 11.7 Å². The molecule has 0 amide bonds. The van der Waals surface area contributed by atoms with Crippen molar-refractivity contribution in [3.63, 3.8) is 0 Å². The maximum absolute atomic E-state index is 14.8. The van der Waals surface area contributed by atoms with Gasteiger partial charge >= 0.3 is 0 Å². The van der Waals surface area contributed by atoms with Crippen molar-refractivity contribution in [2.75, 3.05) is 19.6 Å². The van der Waals surface area contributed by atoms with Gasteiger partial charge in [-0.05, 0) is 85.9 Å². The van der Waals surface area contributed by atoms with Gasteiger partial charge in [-0.25, -0.2) is 9.37 Å². The molecular formula is C19H16Br3FN2O. The molecule has 3 fully saturated rings. The molecule has 1 spiro atoms. The molecule has 0 aliphatic carbocycles. The van der Waals surface area contributed by atoms with E-state index in [1.165, 1.54) is 25.9 Å². The van der Waals surface area contributed by atoms with Gasteiger partial charge in [0, 0.05) is 50.7 Å². The lowest BCUT2D eigenvalue weighted by Gasteiger charge is -2.50. The third kappa shape index (κ3) is 2.61. The largest absolute Gasteiger partial charge is 0.469 e. The Balaban J connectivity index is 1.53. The van der Waals surface area contributed by atoms with E-state index in [0.717, 1.165) is 34.4 Å². The highest BCUT2D eigenvalue weighted by Gasteiger charge is 2.52. The highest BCUT2D eigenvalue weighted by molar-refractivity contribution is 9.14.